The van der Waals surface area contributed by atoms with Crippen LogP contribution < -0.4 is 0 Å². The molecule has 1 aliphatic rings. The number of hydrogen-bond acceptors (Lipinski definition) is 2. The maximum atomic E-state index is 6.18. The third kappa shape index (κ3) is 8.75. The van der Waals surface area contributed by atoms with Crippen LogP contribution >= 0.6 is 0 Å². The maximum absolute atomic E-state index is 6.18. The topological polar surface area (TPSA) is 18.5 Å². The van der Waals surface area contributed by atoms with Gasteiger partial charge in [-0.25, -0.2) is 0 Å². The molecule has 2 heteroatoms. The Bertz CT molecular complexity index is 277. The average molecular weight is 309 g/mol. The van der Waals surface area contributed by atoms with Gasteiger partial charge < -0.3 is 9.47 Å². The van der Waals surface area contributed by atoms with E-state index < -0.39 is 0 Å². The van der Waals surface area contributed by atoms with E-state index in [0.29, 0.717) is 0 Å². The summed E-state index contributed by atoms with van der Waals surface area (Å²) in [5, 5.41) is 0. The van der Waals surface area contributed by atoms with E-state index in [2.05, 4.69) is 38.2 Å². The van der Waals surface area contributed by atoms with Crippen LogP contribution in [0.15, 0.2) is 24.3 Å². The Hall–Kier alpha value is -0.600. The van der Waals surface area contributed by atoms with Crippen molar-refractivity contribution in [2.45, 2.75) is 90.3 Å². The molecule has 128 valence electrons. The number of hydrogen-bond donors (Lipinski definition) is 0. The number of ether oxygens (including phenoxy) is 2. The van der Waals surface area contributed by atoms with Gasteiger partial charge in [0.2, 0.25) is 0 Å². The summed E-state index contributed by atoms with van der Waals surface area (Å²) in [4.78, 5) is 0. The predicted octanol–water partition coefficient (Wildman–Crippen LogP) is 6.17. The highest BCUT2D eigenvalue weighted by atomic mass is 16.7. The number of unbranched alkanes of at least 4 members (excludes halogenated alkanes) is 2. The molecule has 0 atom stereocenters. The molecule has 0 spiro atoms. The van der Waals surface area contributed by atoms with Crippen LogP contribution in [0.2, 0.25) is 0 Å². The zero-order chi connectivity index (χ0) is 15.9. The molecule has 0 heterocycles. The molecule has 0 radical (unpaired) electrons. The molecule has 0 bridgehead atoms. The Kier molecular flexibility index (Phi) is 11.4. The molecule has 0 aromatic carbocycles. The molecular formula is C20H36O2. The third-order valence-corrected chi connectivity index (χ3v) is 4.16. The molecular weight excluding hydrogens is 272 g/mol. The van der Waals surface area contributed by atoms with Gasteiger partial charge in [-0.05, 0) is 38.5 Å². The minimum Gasteiger partial charge on any atom is -0.350 e. The molecule has 0 N–H and O–H groups in total. The van der Waals surface area contributed by atoms with Crippen molar-refractivity contribution in [3.8, 4) is 0 Å². The van der Waals surface area contributed by atoms with Crippen molar-refractivity contribution in [2.75, 3.05) is 13.2 Å². The Morgan fingerprint density at radius 3 is 1.59 bits per heavy atom. The monoisotopic (exact) mass is 308 g/mol. The Morgan fingerprint density at radius 1 is 0.682 bits per heavy atom. The lowest BCUT2D eigenvalue weighted by molar-refractivity contribution is -0.251. The van der Waals surface area contributed by atoms with Crippen LogP contribution in [0.4, 0.5) is 0 Å². The van der Waals surface area contributed by atoms with Crippen molar-refractivity contribution in [2.24, 2.45) is 0 Å². The molecule has 0 aliphatic heterocycles. The van der Waals surface area contributed by atoms with Gasteiger partial charge in [0.15, 0.2) is 5.79 Å². The van der Waals surface area contributed by atoms with E-state index in [1.165, 1.54) is 44.9 Å². The maximum Gasteiger partial charge on any atom is 0.168 e. The van der Waals surface area contributed by atoms with E-state index >= 15 is 0 Å². The summed E-state index contributed by atoms with van der Waals surface area (Å²) in [6.45, 7) is 5.99. The van der Waals surface area contributed by atoms with E-state index in [1.54, 1.807) is 0 Å². The fraction of sp³-hybridized carbons (Fsp3) is 0.800. The second-order valence-electron chi connectivity index (χ2n) is 6.27. The van der Waals surface area contributed by atoms with Crippen LogP contribution in [0, 0.1) is 0 Å². The van der Waals surface area contributed by atoms with Crippen molar-refractivity contribution in [3.05, 3.63) is 24.3 Å². The smallest absolute Gasteiger partial charge is 0.168 e. The summed E-state index contributed by atoms with van der Waals surface area (Å²) in [5.41, 5.74) is 0. The van der Waals surface area contributed by atoms with E-state index in [-0.39, 0.29) is 5.79 Å². The highest BCUT2D eigenvalue weighted by Crippen LogP contribution is 2.33. The van der Waals surface area contributed by atoms with Crippen molar-refractivity contribution in [3.63, 3.8) is 0 Å². The molecule has 0 aromatic heterocycles. The first kappa shape index (κ1) is 19.4. The van der Waals surface area contributed by atoms with Crippen LogP contribution in [-0.4, -0.2) is 19.0 Å². The largest absolute Gasteiger partial charge is 0.350 e. The Labute approximate surface area is 138 Å². The standard InChI is InChI=1S/C20H36O2/c1-3-5-7-9-14-18-21-20(16-12-11-13-17-20)22-19-15-10-8-6-4-2/h7-10H,3-6,11-19H2,1-2H3. The summed E-state index contributed by atoms with van der Waals surface area (Å²) < 4.78 is 12.4. The van der Waals surface area contributed by atoms with E-state index in [0.717, 1.165) is 38.9 Å². The molecule has 2 nitrogen and oxygen atoms in total. The molecule has 1 aliphatic carbocycles. The quantitative estimate of drug-likeness (QED) is 0.244. The summed E-state index contributed by atoms with van der Waals surface area (Å²) in [6, 6.07) is 0. The molecule has 22 heavy (non-hydrogen) atoms. The van der Waals surface area contributed by atoms with Crippen LogP contribution in [0.1, 0.15) is 84.5 Å². The van der Waals surface area contributed by atoms with E-state index in [4.69, 9.17) is 9.47 Å². The van der Waals surface area contributed by atoms with Gasteiger partial charge >= 0.3 is 0 Å². The summed E-state index contributed by atoms with van der Waals surface area (Å²) in [7, 11) is 0. The lowest BCUT2D eigenvalue weighted by Crippen LogP contribution is -2.38. The van der Waals surface area contributed by atoms with Crippen molar-refractivity contribution < 1.29 is 9.47 Å². The fourth-order valence-corrected chi connectivity index (χ4v) is 2.85. The van der Waals surface area contributed by atoms with Gasteiger partial charge in [-0.2, -0.15) is 0 Å². The van der Waals surface area contributed by atoms with Crippen LogP contribution in [0.3, 0.4) is 0 Å². The highest BCUT2D eigenvalue weighted by molar-refractivity contribution is 4.83. The van der Waals surface area contributed by atoms with Crippen molar-refractivity contribution in [1.82, 2.24) is 0 Å². The minimum absolute atomic E-state index is 0.296. The predicted molar refractivity (Wildman–Crippen MR) is 95.1 cm³/mol. The highest BCUT2D eigenvalue weighted by Gasteiger charge is 2.33. The second kappa shape index (κ2) is 12.9. The van der Waals surface area contributed by atoms with Crippen LogP contribution in [0.5, 0.6) is 0 Å². The van der Waals surface area contributed by atoms with Gasteiger partial charge in [0.05, 0.1) is 13.2 Å². The minimum atomic E-state index is -0.296. The lowest BCUT2D eigenvalue weighted by atomic mass is 9.94. The van der Waals surface area contributed by atoms with Gasteiger partial charge in [-0.3, -0.25) is 0 Å². The summed E-state index contributed by atoms with van der Waals surface area (Å²) in [6.07, 6.45) is 21.7. The molecule has 0 unspecified atom stereocenters. The molecule has 0 saturated heterocycles. The second-order valence-corrected chi connectivity index (χ2v) is 6.27. The number of allylic oxidation sites excluding steroid dienone is 2. The Morgan fingerprint density at radius 2 is 1.14 bits per heavy atom. The lowest BCUT2D eigenvalue weighted by Gasteiger charge is -2.37. The van der Waals surface area contributed by atoms with Gasteiger partial charge in [-0.1, -0.05) is 57.4 Å². The van der Waals surface area contributed by atoms with Gasteiger partial charge in [0, 0.05) is 12.8 Å². The van der Waals surface area contributed by atoms with Crippen LogP contribution in [0.25, 0.3) is 0 Å². The van der Waals surface area contributed by atoms with Gasteiger partial charge in [-0.15, -0.1) is 0 Å². The van der Waals surface area contributed by atoms with Gasteiger partial charge in [0.1, 0.15) is 0 Å². The zero-order valence-electron chi connectivity index (χ0n) is 14.8. The number of rotatable bonds is 12. The molecule has 1 fully saturated rings. The Balaban J connectivity index is 2.28. The summed E-state index contributed by atoms with van der Waals surface area (Å²) in [5.74, 6) is -0.296. The average Bonchev–Trinajstić information content (AvgIpc) is 2.55. The molecule has 1 rings (SSSR count). The summed E-state index contributed by atoms with van der Waals surface area (Å²) >= 11 is 0. The van der Waals surface area contributed by atoms with Crippen molar-refractivity contribution >= 4 is 0 Å². The molecule has 1 saturated carbocycles. The first-order chi connectivity index (χ1) is 10.8. The van der Waals surface area contributed by atoms with Gasteiger partial charge in [0.25, 0.3) is 0 Å². The first-order valence-corrected chi connectivity index (χ1v) is 9.41. The zero-order valence-corrected chi connectivity index (χ0v) is 14.8. The molecule has 0 amide bonds. The van der Waals surface area contributed by atoms with Crippen molar-refractivity contribution in [1.29, 1.82) is 0 Å². The third-order valence-electron chi connectivity index (χ3n) is 4.16. The van der Waals surface area contributed by atoms with E-state index in [1.807, 2.05) is 0 Å². The first-order valence-electron chi connectivity index (χ1n) is 9.41. The normalized spacial score (nSPS) is 18.5. The fourth-order valence-electron chi connectivity index (χ4n) is 2.85. The van der Waals surface area contributed by atoms with Crippen LogP contribution in [-0.2, 0) is 9.47 Å². The SMILES string of the molecule is CCCC=CCCOC1(OCCC=CCCC)CCCCC1. The van der Waals surface area contributed by atoms with E-state index in [9.17, 15) is 0 Å². The molecule has 0 aromatic rings.